The number of allylic oxidation sites excluding steroid dienone is 1. The zero-order valence-corrected chi connectivity index (χ0v) is 22.0. The highest BCUT2D eigenvalue weighted by Crippen LogP contribution is 2.40. The number of carbonyl (C=O) groups excluding carboxylic acids is 1. The Kier molecular flexibility index (Phi) is 11.2. The van der Waals surface area contributed by atoms with Gasteiger partial charge < -0.3 is 9.47 Å². The minimum absolute atomic E-state index is 0.267. The first-order valence-electron chi connectivity index (χ1n) is 13.5. The van der Waals surface area contributed by atoms with Crippen molar-refractivity contribution in [3.8, 4) is 11.1 Å². The van der Waals surface area contributed by atoms with E-state index in [-0.39, 0.29) is 6.10 Å². The molecule has 2 aromatic carbocycles. The van der Waals surface area contributed by atoms with E-state index in [1.165, 1.54) is 72.4 Å². The molecular weight excluding hydrogens is 432 g/mol. The molecule has 1 aliphatic heterocycles. The van der Waals surface area contributed by atoms with Crippen molar-refractivity contribution in [1.29, 1.82) is 0 Å². The van der Waals surface area contributed by atoms with E-state index < -0.39 is 0 Å². The van der Waals surface area contributed by atoms with Crippen LogP contribution in [0.1, 0.15) is 81.6 Å². The van der Waals surface area contributed by atoms with Crippen LogP contribution in [0.5, 0.6) is 0 Å². The summed E-state index contributed by atoms with van der Waals surface area (Å²) in [5, 5.41) is 0. The van der Waals surface area contributed by atoms with Gasteiger partial charge in [-0.25, -0.2) is 0 Å². The molecule has 2 unspecified atom stereocenters. The van der Waals surface area contributed by atoms with E-state index in [9.17, 15) is 0 Å². The maximum atomic E-state index is 9.06. The lowest BCUT2D eigenvalue weighted by atomic mass is 9.74. The van der Waals surface area contributed by atoms with Crippen molar-refractivity contribution in [1.82, 2.24) is 0 Å². The summed E-state index contributed by atoms with van der Waals surface area (Å²) in [4.78, 5) is 9.06. The lowest BCUT2D eigenvalue weighted by Gasteiger charge is -2.37. The zero-order valence-electron chi connectivity index (χ0n) is 22.0. The summed E-state index contributed by atoms with van der Waals surface area (Å²) in [5.74, 6) is 2.61. The molecule has 0 bridgehead atoms. The first kappa shape index (κ1) is 27.4. The highest BCUT2D eigenvalue weighted by Gasteiger charge is 2.30. The molecule has 1 saturated heterocycles. The van der Waals surface area contributed by atoms with Crippen LogP contribution in [0, 0.1) is 17.8 Å². The largest absolute Gasteiger partial charge is 0.380 e. The Morgan fingerprint density at radius 2 is 1.60 bits per heavy atom. The molecule has 0 radical (unpaired) electrons. The molecule has 1 aliphatic carbocycles. The molecule has 0 aromatic heterocycles. The standard InChI is InChI=1S/C29H40O2.C3H4O/c1-4-5-22-12-15-26(18-28(22)19-30-3)23-10-13-25(14-11-23)29-17-16-27(20-31-29)24-8-6-21(2)7-9-24;1-2-3-4/h10-15,18,21,24,27,29H,4-9,16-17,19-20H2,1-3H3;2-3H,1H2. The van der Waals surface area contributed by atoms with Crippen molar-refractivity contribution in [3.05, 3.63) is 71.8 Å². The van der Waals surface area contributed by atoms with Crippen LogP contribution in [-0.4, -0.2) is 20.0 Å². The van der Waals surface area contributed by atoms with Gasteiger partial charge in [-0.15, -0.1) is 0 Å². The Bertz CT molecular complexity index is 895. The van der Waals surface area contributed by atoms with E-state index in [0.29, 0.717) is 12.9 Å². The number of hydrogen-bond donors (Lipinski definition) is 0. The lowest BCUT2D eigenvalue weighted by molar-refractivity contribution is -0.104. The summed E-state index contributed by atoms with van der Waals surface area (Å²) < 4.78 is 11.8. The fourth-order valence-electron chi connectivity index (χ4n) is 5.66. The van der Waals surface area contributed by atoms with E-state index in [1.807, 2.05) is 0 Å². The van der Waals surface area contributed by atoms with E-state index in [4.69, 9.17) is 14.3 Å². The van der Waals surface area contributed by atoms with Crippen molar-refractivity contribution in [2.24, 2.45) is 17.8 Å². The first-order chi connectivity index (χ1) is 17.1. The van der Waals surface area contributed by atoms with Gasteiger partial charge in [0.1, 0.15) is 6.29 Å². The molecule has 190 valence electrons. The van der Waals surface area contributed by atoms with Crippen LogP contribution < -0.4 is 0 Å². The minimum Gasteiger partial charge on any atom is -0.380 e. The second-order valence-electron chi connectivity index (χ2n) is 10.3. The third kappa shape index (κ3) is 7.88. The molecule has 0 spiro atoms. The molecular formula is C32H44O3. The highest BCUT2D eigenvalue weighted by atomic mass is 16.5. The van der Waals surface area contributed by atoms with Gasteiger partial charge in [0.15, 0.2) is 0 Å². The number of carbonyl (C=O) groups is 1. The normalized spacial score (nSPS) is 24.2. The van der Waals surface area contributed by atoms with Crippen molar-refractivity contribution in [2.45, 2.75) is 77.9 Å². The van der Waals surface area contributed by atoms with E-state index in [0.717, 1.165) is 37.2 Å². The maximum Gasteiger partial charge on any atom is 0.142 e. The van der Waals surface area contributed by atoms with Gasteiger partial charge in [-0.1, -0.05) is 76.1 Å². The number of hydrogen-bond acceptors (Lipinski definition) is 3. The predicted molar refractivity (Wildman–Crippen MR) is 145 cm³/mol. The SMILES string of the molecule is C=CC=O.CCCc1ccc(-c2ccc(C3CCC(C4CCC(C)CC4)CO3)cc2)cc1COC. The first-order valence-corrected chi connectivity index (χ1v) is 13.5. The third-order valence-corrected chi connectivity index (χ3v) is 7.78. The second kappa shape index (κ2) is 14.4. The molecule has 1 heterocycles. The van der Waals surface area contributed by atoms with Gasteiger partial charge in [0.05, 0.1) is 19.3 Å². The quantitative estimate of drug-likeness (QED) is 0.285. The van der Waals surface area contributed by atoms with Crippen LogP contribution in [0.15, 0.2) is 55.1 Å². The fourth-order valence-corrected chi connectivity index (χ4v) is 5.66. The minimum atomic E-state index is 0.267. The molecule has 4 rings (SSSR count). The van der Waals surface area contributed by atoms with Gasteiger partial charge in [0, 0.05) is 7.11 Å². The van der Waals surface area contributed by atoms with Crippen LogP contribution in [0.25, 0.3) is 11.1 Å². The molecule has 0 amide bonds. The molecule has 1 saturated carbocycles. The van der Waals surface area contributed by atoms with Gasteiger partial charge >= 0.3 is 0 Å². The molecule has 2 fully saturated rings. The molecule has 3 heteroatoms. The highest BCUT2D eigenvalue weighted by molar-refractivity contribution is 5.65. The Morgan fingerprint density at radius 3 is 2.17 bits per heavy atom. The molecule has 2 atom stereocenters. The number of aryl methyl sites for hydroxylation is 1. The number of ether oxygens (including phenoxy) is 2. The average molecular weight is 477 g/mol. The summed E-state index contributed by atoms with van der Waals surface area (Å²) >= 11 is 0. The van der Waals surface area contributed by atoms with E-state index in [1.54, 1.807) is 7.11 Å². The predicted octanol–water partition coefficient (Wildman–Crippen LogP) is 8.12. The van der Waals surface area contributed by atoms with Crippen LogP contribution in [0.3, 0.4) is 0 Å². The van der Waals surface area contributed by atoms with E-state index >= 15 is 0 Å². The Balaban J connectivity index is 0.000000795. The topological polar surface area (TPSA) is 35.5 Å². The monoisotopic (exact) mass is 476 g/mol. The Morgan fingerprint density at radius 1 is 0.943 bits per heavy atom. The fraction of sp³-hybridized carbons (Fsp3) is 0.531. The molecule has 3 nitrogen and oxygen atoms in total. The summed E-state index contributed by atoms with van der Waals surface area (Å²) in [7, 11) is 1.78. The number of methoxy groups -OCH3 is 1. The van der Waals surface area contributed by atoms with E-state index in [2.05, 4.69) is 62.9 Å². The van der Waals surface area contributed by atoms with Crippen molar-refractivity contribution >= 4 is 6.29 Å². The summed E-state index contributed by atoms with van der Waals surface area (Å²) in [5.41, 5.74) is 6.59. The second-order valence-corrected chi connectivity index (χ2v) is 10.3. The van der Waals surface area contributed by atoms with Gasteiger partial charge in [-0.2, -0.15) is 0 Å². The van der Waals surface area contributed by atoms with Crippen LogP contribution in [0.4, 0.5) is 0 Å². The maximum absolute atomic E-state index is 9.06. The molecule has 35 heavy (non-hydrogen) atoms. The summed E-state index contributed by atoms with van der Waals surface area (Å²) in [6, 6.07) is 15.9. The zero-order chi connectivity index (χ0) is 25.0. The number of aldehydes is 1. The van der Waals surface area contributed by atoms with Crippen LogP contribution in [-0.2, 0) is 27.3 Å². The van der Waals surface area contributed by atoms with Gasteiger partial charge in [0.2, 0.25) is 0 Å². The summed E-state index contributed by atoms with van der Waals surface area (Å²) in [6.07, 6.45) is 12.5. The molecule has 0 N–H and O–H groups in total. The Hall–Kier alpha value is -2.23. The Labute approximate surface area is 212 Å². The molecule has 2 aliphatic rings. The lowest BCUT2D eigenvalue weighted by Crippen LogP contribution is -2.29. The smallest absolute Gasteiger partial charge is 0.142 e. The number of benzene rings is 2. The van der Waals surface area contributed by atoms with Gasteiger partial charge in [-0.05, 0) is 89.8 Å². The van der Waals surface area contributed by atoms with Crippen LogP contribution in [0.2, 0.25) is 0 Å². The molecule has 2 aromatic rings. The average Bonchev–Trinajstić information content (AvgIpc) is 2.91. The van der Waals surface area contributed by atoms with Crippen molar-refractivity contribution < 1.29 is 14.3 Å². The number of rotatable bonds is 8. The third-order valence-electron chi connectivity index (χ3n) is 7.78. The van der Waals surface area contributed by atoms with Gasteiger partial charge in [-0.3, -0.25) is 4.79 Å². The van der Waals surface area contributed by atoms with Crippen molar-refractivity contribution in [2.75, 3.05) is 13.7 Å². The summed E-state index contributed by atoms with van der Waals surface area (Å²) in [6.45, 7) is 9.38. The van der Waals surface area contributed by atoms with Crippen molar-refractivity contribution in [3.63, 3.8) is 0 Å². The van der Waals surface area contributed by atoms with Gasteiger partial charge in [0.25, 0.3) is 0 Å². The van der Waals surface area contributed by atoms with Crippen LogP contribution >= 0.6 is 0 Å².